The molecule has 2 nitrogen and oxygen atoms in total. The van der Waals surface area contributed by atoms with E-state index in [9.17, 15) is 0 Å². The van der Waals surface area contributed by atoms with Gasteiger partial charge in [0.2, 0.25) is 0 Å². The molecule has 3 atom stereocenters. The van der Waals surface area contributed by atoms with Crippen molar-refractivity contribution in [2.45, 2.75) is 69.7 Å². The van der Waals surface area contributed by atoms with E-state index in [0.29, 0.717) is 6.04 Å². The second-order valence-corrected chi connectivity index (χ2v) is 7.03. The summed E-state index contributed by atoms with van der Waals surface area (Å²) in [6.45, 7) is 4.45. The quantitative estimate of drug-likeness (QED) is 0.580. The van der Waals surface area contributed by atoms with Gasteiger partial charge in [0.15, 0.2) is 0 Å². The van der Waals surface area contributed by atoms with Crippen molar-refractivity contribution in [3.63, 3.8) is 0 Å². The van der Waals surface area contributed by atoms with Crippen molar-refractivity contribution in [1.82, 2.24) is 9.78 Å². The Bertz CT molecular complexity index is 361. The average Bonchev–Trinajstić information content (AvgIpc) is 2.72. The van der Waals surface area contributed by atoms with Crippen LogP contribution in [0.3, 0.4) is 0 Å². The second kappa shape index (κ2) is 6.74. The smallest absolute Gasteiger partial charge is 0.0627 e. The normalized spacial score (nSPS) is 26.8. The van der Waals surface area contributed by atoms with Gasteiger partial charge in [-0.05, 0) is 44.6 Å². The molecule has 0 aliphatic heterocycles. The van der Waals surface area contributed by atoms with E-state index in [4.69, 9.17) is 5.10 Å². The Labute approximate surface area is 119 Å². The summed E-state index contributed by atoms with van der Waals surface area (Å²) in [5, 5.41) is 4.73. The van der Waals surface area contributed by atoms with Crippen LogP contribution in [0.1, 0.15) is 64.1 Å². The van der Waals surface area contributed by atoms with Gasteiger partial charge in [0.1, 0.15) is 0 Å². The summed E-state index contributed by atoms with van der Waals surface area (Å²) in [6, 6.07) is 2.73. The molecular weight excluding hydrogens is 288 g/mol. The fourth-order valence-electron chi connectivity index (χ4n) is 2.80. The van der Waals surface area contributed by atoms with Crippen LogP contribution in [0.4, 0.5) is 0 Å². The fourth-order valence-corrected chi connectivity index (χ4v) is 3.65. The molecule has 1 aromatic heterocycles. The summed E-state index contributed by atoms with van der Waals surface area (Å²) in [5.74, 6) is 0.817. The Kier molecular flexibility index (Phi) is 5.28. The van der Waals surface area contributed by atoms with Crippen LogP contribution in [0, 0.1) is 5.92 Å². The number of hydrogen-bond donors (Lipinski definition) is 0. The topological polar surface area (TPSA) is 17.8 Å². The molecule has 1 heterocycles. The van der Waals surface area contributed by atoms with Crippen molar-refractivity contribution in [1.29, 1.82) is 0 Å². The maximum Gasteiger partial charge on any atom is 0.0627 e. The van der Waals surface area contributed by atoms with Crippen LogP contribution in [0.5, 0.6) is 0 Å². The molecule has 0 spiro atoms. The van der Waals surface area contributed by atoms with Gasteiger partial charge < -0.3 is 0 Å². The summed E-state index contributed by atoms with van der Waals surface area (Å²) in [6.07, 6.45) is 11.3. The monoisotopic (exact) mass is 312 g/mol. The highest BCUT2D eigenvalue weighted by molar-refractivity contribution is 9.09. The Hall–Kier alpha value is -0.310. The molecule has 18 heavy (non-hydrogen) atoms. The van der Waals surface area contributed by atoms with E-state index in [0.717, 1.165) is 23.6 Å². The number of aromatic nitrogens is 2. The average molecular weight is 313 g/mol. The standard InChI is InChI=1S/C15H25BrN2/c1-3-12(2)18-9-8-15(17-18)11-13-6-4-5-7-14(16)10-13/h8-9,12-14H,3-7,10-11H2,1-2H3. The molecule has 2 rings (SSSR count). The molecule has 1 aliphatic rings. The largest absolute Gasteiger partial charge is 0.270 e. The molecule has 0 aromatic carbocycles. The Morgan fingerprint density at radius 2 is 2.22 bits per heavy atom. The first kappa shape index (κ1) is 14.1. The summed E-state index contributed by atoms with van der Waals surface area (Å²) >= 11 is 3.81. The zero-order valence-electron chi connectivity index (χ0n) is 11.6. The van der Waals surface area contributed by atoms with Gasteiger partial charge in [0.25, 0.3) is 0 Å². The highest BCUT2D eigenvalue weighted by Crippen LogP contribution is 2.29. The molecule has 0 saturated heterocycles. The lowest BCUT2D eigenvalue weighted by molar-refractivity contribution is 0.441. The van der Waals surface area contributed by atoms with Gasteiger partial charge in [-0.1, -0.05) is 42.1 Å². The predicted octanol–water partition coefficient (Wildman–Crippen LogP) is 4.74. The minimum atomic E-state index is 0.525. The molecule has 3 unspecified atom stereocenters. The van der Waals surface area contributed by atoms with Gasteiger partial charge in [-0.2, -0.15) is 5.10 Å². The van der Waals surface area contributed by atoms with Crippen molar-refractivity contribution in [3.8, 4) is 0 Å². The van der Waals surface area contributed by atoms with E-state index in [1.807, 2.05) is 0 Å². The van der Waals surface area contributed by atoms with E-state index >= 15 is 0 Å². The van der Waals surface area contributed by atoms with Gasteiger partial charge in [0, 0.05) is 17.1 Å². The second-order valence-electron chi connectivity index (χ2n) is 5.73. The molecule has 0 radical (unpaired) electrons. The lowest BCUT2D eigenvalue weighted by Crippen LogP contribution is -2.10. The zero-order valence-corrected chi connectivity index (χ0v) is 13.2. The minimum absolute atomic E-state index is 0.525. The molecule has 0 N–H and O–H groups in total. The Balaban J connectivity index is 1.93. The third-order valence-electron chi connectivity index (χ3n) is 4.17. The van der Waals surface area contributed by atoms with Crippen molar-refractivity contribution in [3.05, 3.63) is 18.0 Å². The van der Waals surface area contributed by atoms with Gasteiger partial charge in [-0.15, -0.1) is 0 Å². The molecule has 1 saturated carbocycles. The number of nitrogens with zero attached hydrogens (tertiary/aromatic N) is 2. The third kappa shape index (κ3) is 3.84. The molecule has 1 aliphatic carbocycles. The fraction of sp³-hybridized carbons (Fsp3) is 0.800. The van der Waals surface area contributed by atoms with Gasteiger partial charge >= 0.3 is 0 Å². The van der Waals surface area contributed by atoms with Crippen LogP contribution in [0.15, 0.2) is 12.3 Å². The summed E-state index contributed by atoms with van der Waals surface area (Å²) in [7, 11) is 0. The molecular formula is C15H25BrN2. The highest BCUT2D eigenvalue weighted by atomic mass is 79.9. The minimum Gasteiger partial charge on any atom is -0.270 e. The van der Waals surface area contributed by atoms with Crippen LogP contribution in [0.2, 0.25) is 0 Å². The van der Waals surface area contributed by atoms with Gasteiger partial charge in [0.05, 0.1) is 5.69 Å². The summed E-state index contributed by atoms with van der Waals surface area (Å²) < 4.78 is 2.12. The van der Waals surface area contributed by atoms with Crippen LogP contribution < -0.4 is 0 Å². The first-order valence-electron chi connectivity index (χ1n) is 7.37. The van der Waals surface area contributed by atoms with E-state index in [1.54, 1.807) is 0 Å². The molecule has 0 bridgehead atoms. The Morgan fingerprint density at radius 3 is 3.00 bits per heavy atom. The summed E-state index contributed by atoms with van der Waals surface area (Å²) in [5.41, 5.74) is 1.28. The number of hydrogen-bond acceptors (Lipinski definition) is 1. The maximum atomic E-state index is 4.73. The maximum absolute atomic E-state index is 4.73. The van der Waals surface area contributed by atoms with Crippen LogP contribution >= 0.6 is 15.9 Å². The predicted molar refractivity (Wildman–Crippen MR) is 80.2 cm³/mol. The third-order valence-corrected chi connectivity index (χ3v) is 5.00. The van der Waals surface area contributed by atoms with Crippen molar-refractivity contribution in [2.75, 3.05) is 0 Å². The first-order valence-corrected chi connectivity index (χ1v) is 8.28. The first-order chi connectivity index (χ1) is 8.69. The van der Waals surface area contributed by atoms with E-state index in [1.165, 1.54) is 37.8 Å². The molecule has 102 valence electrons. The zero-order chi connectivity index (χ0) is 13.0. The number of rotatable bonds is 4. The number of halogens is 1. The van der Waals surface area contributed by atoms with Crippen LogP contribution in [-0.2, 0) is 6.42 Å². The van der Waals surface area contributed by atoms with Gasteiger partial charge in [-0.25, -0.2) is 0 Å². The highest BCUT2D eigenvalue weighted by Gasteiger charge is 2.19. The molecule has 1 fully saturated rings. The van der Waals surface area contributed by atoms with E-state index in [2.05, 4.69) is 46.7 Å². The Morgan fingerprint density at radius 1 is 1.44 bits per heavy atom. The van der Waals surface area contributed by atoms with Gasteiger partial charge in [-0.3, -0.25) is 4.68 Å². The van der Waals surface area contributed by atoms with Crippen molar-refractivity contribution < 1.29 is 0 Å². The number of alkyl halides is 1. The SMILES string of the molecule is CCC(C)n1ccc(CC2CCCCC(Br)C2)n1. The summed E-state index contributed by atoms with van der Waals surface area (Å²) in [4.78, 5) is 0.724. The lowest BCUT2D eigenvalue weighted by atomic mass is 9.95. The van der Waals surface area contributed by atoms with E-state index < -0.39 is 0 Å². The molecule has 3 heteroatoms. The molecule has 0 amide bonds. The van der Waals surface area contributed by atoms with Crippen LogP contribution in [0.25, 0.3) is 0 Å². The molecule has 1 aromatic rings. The lowest BCUT2D eigenvalue weighted by Gasteiger charge is -2.15. The van der Waals surface area contributed by atoms with Crippen molar-refractivity contribution in [2.24, 2.45) is 5.92 Å². The van der Waals surface area contributed by atoms with Crippen molar-refractivity contribution >= 4 is 15.9 Å². The van der Waals surface area contributed by atoms with Crippen LogP contribution in [-0.4, -0.2) is 14.6 Å². The van der Waals surface area contributed by atoms with E-state index in [-0.39, 0.29) is 0 Å².